The Hall–Kier alpha value is -0.189. The third-order valence-corrected chi connectivity index (χ3v) is 22.2. The summed E-state index contributed by atoms with van der Waals surface area (Å²) in [5.41, 5.74) is 2.70. The minimum absolute atomic E-state index is 0.0677. The molecule has 0 N–H and O–H groups in total. The van der Waals surface area contributed by atoms with Crippen LogP contribution in [0.3, 0.4) is 0 Å². The molecule has 5 nitrogen and oxygen atoms in total. The van der Waals surface area contributed by atoms with E-state index in [1.54, 1.807) is 0 Å². The molecule has 1 aliphatic rings. The van der Waals surface area contributed by atoms with Crippen molar-refractivity contribution in [2.24, 2.45) is 0 Å². The fraction of sp³-hybridized carbons (Fsp3) is 0.889. The number of rotatable bonds is 9. The summed E-state index contributed by atoms with van der Waals surface area (Å²) < 4.78 is 33.2. The van der Waals surface area contributed by atoms with E-state index in [1.807, 2.05) is 0 Å². The molecule has 0 aromatic carbocycles. The zero-order valence-electron chi connectivity index (χ0n) is 25.5. The Morgan fingerprint density at radius 2 is 1.26 bits per heavy atom. The fourth-order valence-electron chi connectivity index (χ4n) is 3.08. The first kappa shape index (κ1) is 32.8. The third kappa shape index (κ3) is 8.67. The Labute approximate surface area is 220 Å². The molecule has 8 heteroatoms. The van der Waals surface area contributed by atoms with Crippen molar-refractivity contribution in [2.45, 2.75) is 148 Å². The molecule has 1 fully saturated rings. The maximum atomic E-state index is 7.08. The van der Waals surface area contributed by atoms with Gasteiger partial charge in [0.15, 0.2) is 25.0 Å². The van der Waals surface area contributed by atoms with Gasteiger partial charge in [0, 0.05) is 6.42 Å². The summed E-state index contributed by atoms with van der Waals surface area (Å²) in [6.07, 6.45) is 0.976. The SMILES string of the molecule is C=C=COC1CC(O[Si](C)(C)C(C)(C)C)C(O[Si](C)(C)C(C)(C)C)C(CO[Si](C)(C)C(C)(C)C)O1. The fourth-order valence-corrected chi connectivity index (χ4v) is 6.78. The Kier molecular flexibility index (Phi) is 10.6. The topological polar surface area (TPSA) is 46.2 Å². The summed E-state index contributed by atoms with van der Waals surface area (Å²) in [6, 6.07) is 0. The number of hydrogen-bond donors (Lipinski definition) is 0. The van der Waals surface area contributed by atoms with Gasteiger partial charge in [0.05, 0.1) is 18.8 Å². The molecular weight excluding hydrogens is 489 g/mol. The van der Waals surface area contributed by atoms with Crippen LogP contribution in [0.25, 0.3) is 0 Å². The lowest BCUT2D eigenvalue weighted by atomic mass is 10.0. The van der Waals surface area contributed by atoms with Crippen LogP contribution in [0.15, 0.2) is 18.6 Å². The van der Waals surface area contributed by atoms with E-state index in [0.717, 1.165) is 0 Å². The van der Waals surface area contributed by atoms with Crippen molar-refractivity contribution in [3.63, 3.8) is 0 Å². The van der Waals surface area contributed by atoms with Crippen LogP contribution in [0.1, 0.15) is 68.7 Å². The second kappa shape index (κ2) is 11.3. The molecule has 0 aromatic rings. The van der Waals surface area contributed by atoms with Crippen molar-refractivity contribution in [1.29, 1.82) is 0 Å². The van der Waals surface area contributed by atoms with Crippen LogP contribution in [0.5, 0.6) is 0 Å². The van der Waals surface area contributed by atoms with Crippen molar-refractivity contribution < 1.29 is 22.8 Å². The van der Waals surface area contributed by atoms with Crippen LogP contribution in [0, 0.1) is 0 Å². The molecule has 0 amide bonds. The van der Waals surface area contributed by atoms with Gasteiger partial charge in [-0.05, 0) is 54.4 Å². The van der Waals surface area contributed by atoms with Crippen LogP contribution < -0.4 is 0 Å². The lowest BCUT2D eigenvalue weighted by Crippen LogP contribution is -2.61. The largest absolute Gasteiger partial charge is 0.464 e. The van der Waals surface area contributed by atoms with Gasteiger partial charge in [-0.25, -0.2) is 0 Å². The minimum atomic E-state index is -2.12. The number of hydrogen-bond acceptors (Lipinski definition) is 5. The minimum Gasteiger partial charge on any atom is -0.464 e. The molecule has 0 saturated carbocycles. The molecule has 206 valence electrons. The van der Waals surface area contributed by atoms with E-state index in [2.05, 4.69) is 114 Å². The van der Waals surface area contributed by atoms with Crippen molar-refractivity contribution in [3.05, 3.63) is 18.6 Å². The summed E-state index contributed by atoms with van der Waals surface area (Å²) >= 11 is 0. The third-order valence-electron chi connectivity index (χ3n) is 8.69. The molecule has 35 heavy (non-hydrogen) atoms. The highest BCUT2D eigenvalue weighted by atomic mass is 28.4. The van der Waals surface area contributed by atoms with Crippen LogP contribution in [0.4, 0.5) is 0 Å². The average molecular weight is 545 g/mol. The van der Waals surface area contributed by atoms with Gasteiger partial charge in [0.1, 0.15) is 12.4 Å². The van der Waals surface area contributed by atoms with Gasteiger partial charge in [-0.3, -0.25) is 0 Å². The van der Waals surface area contributed by atoms with Gasteiger partial charge >= 0.3 is 0 Å². The lowest BCUT2D eigenvalue weighted by molar-refractivity contribution is -0.234. The van der Waals surface area contributed by atoms with Crippen LogP contribution in [-0.4, -0.2) is 56.2 Å². The molecule has 1 rings (SSSR count). The van der Waals surface area contributed by atoms with Crippen molar-refractivity contribution in [1.82, 2.24) is 0 Å². The van der Waals surface area contributed by atoms with E-state index in [1.165, 1.54) is 6.26 Å². The number of ether oxygens (including phenoxy) is 2. The smallest absolute Gasteiger partial charge is 0.202 e. The first-order chi connectivity index (χ1) is 15.5. The summed E-state index contributed by atoms with van der Waals surface area (Å²) in [4.78, 5) is 0. The highest BCUT2D eigenvalue weighted by Crippen LogP contribution is 2.44. The quantitative estimate of drug-likeness (QED) is 0.166. The summed E-state index contributed by atoms with van der Waals surface area (Å²) in [5, 5.41) is 0.256. The summed E-state index contributed by atoms with van der Waals surface area (Å²) in [7, 11) is -6.18. The van der Waals surface area contributed by atoms with Gasteiger partial charge in [0.2, 0.25) is 6.29 Å². The van der Waals surface area contributed by atoms with Crippen LogP contribution in [0.2, 0.25) is 54.4 Å². The lowest BCUT2D eigenvalue weighted by Gasteiger charge is -2.50. The normalized spacial score (nSPS) is 25.2. The molecule has 4 atom stereocenters. The monoisotopic (exact) mass is 544 g/mol. The highest BCUT2D eigenvalue weighted by molar-refractivity contribution is 6.75. The summed E-state index contributed by atoms with van der Waals surface area (Å²) in [6.45, 7) is 38.3. The van der Waals surface area contributed by atoms with E-state index in [-0.39, 0.29) is 33.4 Å². The Balaban J connectivity index is 3.45. The van der Waals surface area contributed by atoms with E-state index < -0.39 is 31.2 Å². The predicted molar refractivity (Wildman–Crippen MR) is 155 cm³/mol. The van der Waals surface area contributed by atoms with Crippen molar-refractivity contribution in [3.8, 4) is 0 Å². The van der Waals surface area contributed by atoms with Gasteiger partial charge in [-0.1, -0.05) is 74.6 Å². The zero-order chi connectivity index (χ0) is 27.7. The molecule has 0 bridgehead atoms. The van der Waals surface area contributed by atoms with Crippen LogP contribution in [-0.2, 0) is 22.8 Å². The molecule has 0 radical (unpaired) electrons. The maximum absolute atomic E-state index is 7.08. The first-order valence-electron chi connectivity index (χ1n) is 13.1. The Morgan fingerprint density at radius 3 is 1.69 bits per heavy atom. The van der Waals surface area contributed by atoms with Gasteiger partial charge < -0.3 is 22.8 Å². The van der Waals surface area contributed by atoms with Crippen molar-refractivity contribution in [2.75, 3.05) is 6.61 Å². The average Bonchev–Trinajstić information content (AvgIpc) is 2.63. The Morgan fingerprint density at radius 1 is 0.800 bits per heavy atom. The predicted octanol–water partition coefficient (Wildman–Crippen LogP) is 8.22. The van der Waals surface area contributed by atoms with Gasteiger partial charge in [-0.15, -0.1) is 0 Å². The van der Waals surface area contributed by atoms with E-state index in [9.17, 15) is 0 Å². The van der Waals surface area contributed by atoms with E-state index >= 15 is 0 Å². The second-order valence-corrected chi connectivity index (χ2v) is 29.0. The first-order valence-corrected chi connectivity index (χ1v) is 21.8. The highest BCUT2D eigenvalue weighted by Gasteiger charge is 2.51. The standard InChI is InChI=1S/C27H56O5Si3/c1-17-18-28-23-19-21(31-34(13,14)26(5,6)7)24(32-35(15,16)27(8,9)10)22(30-23)20-29-33(11,12)25(2,3)4/h18,21-24H,1,19-20H2,2-16H3. The molecule has 4 unspecified atom stereocenters. The second-order valence-electron chi connectivity index (χ2n) is 14.6. The Bertz CT molecular complexity index is 737. The molecule has 1 saturated heterocycles. The van der Waals surface area contributed by atoms with Gasteiger partial charge in [0.25, 0.3) is 0 Å². The van der Waals surface area contributed by atoms with Crippen molar-refractivity contribution >= 4 is 25.0 Å². The molecular formula is C27H56O5Si3. The van der Waals surface area contributed by atoms with Gasteiger partial charge in [-0.2, -0.15) is 0 Å². The molecule has 0 aromatic heterocycles. The molecule has 0 spiro atoms. The van der Waals surface area contributed by atoms with E-state index in [0.29, 0.717) is 13.0 Å². The summed E-state index contributed by atoms with van der Waals surface area (Å²) in [5.74, 6) is 0. The van der Waals surface area contributed by atoms with E-state index in [4.69, 9.17) is 22.8 Å². The zero-order valence-corrected chi connectivity index (χ0v) is 28.5. The molecule has 1 heterocycles. The maximum Gasteiger partial charge on any atom is 0.202 e. The molecule has 0 aliphatic carbocycles. The van der Waals surface area contributed by atoms with Crippen LogP contribution >= 0.6 is 0 Å². The molecule has 1 aliphatic heterocycles.